The van der Waals surface area contributed by atoms with E-state index in [0.29, 0.717) is 18.9 Å². The topological polar surface area (TPSA) is 64.6 Å². The third-order valence-corrected chi connectivity index (χ3v) is 7.06. The Morgan fingerprint density at radius 2 is 1.52 bits per heavy atom. The van der Waals surface area contributed by atoms with Gasteiger partial charge in [-0.2, -0.15) is 0 Å². The van der Waals surface area contributed by atoms with Crippen molar-refractivity contribution < 1.29 is 18.2 Å². The summed E-state index contributed by atoms with van der Waals surface area (Å²) in [5.74, 6) is -0.193. The number of hydrogen-bond acceptors (Lipinski definition) is 5. The summed E-state index contributed by atoms with van der Waals surface area (Å²) >= 11 is 0. The van der Waals surface area contributed by atoms with E-state index in [0.717, 1.165) is 0 Å². The predicted octanol–water partition coefficient (Wildman–Crippen LogP) is 4.18. The average molecular weight is 397 g/mol. The van der Waals surface area contributed by atoms with E-state index in [1.165, 1.54) is 0 Å². The Labute approximate surface area is 146 Å². The van der Waals surface area contributed by atoms with Crippen molar-refractivity contribution in [1.29, 1.82) is 0 Å². The highest BCUT2D eigenvalue weighted by atomic mass is 31.1. The molecule has 2 unspecified atom stereocenters. The molecule has 0 aromatic heterocycles. The number of carbonyl (C=O) groups excluding carboxylic acids is 1. The molecule has 0 radical (unpaired) electrons. The molecule has 0 aliphatic rings. The fourth-order valence-electron chi connectivity index (χ4n) is 1.75. The Morgan fingerprint density at radius 3 is 1.91 bits per heavy atom. The van der Waals surface area contributed by atoms with Gasteiger partial charge in [-0.1, -0.05) is 24.2 Å². The quantitative estimate of drug-likeness (QED) is 0.443. The number of nitrogens with one attached hydrogen (secondary N) is 1. The third kappa shape index (κ3) is 14.2. The molecule has 0 aliphatic carbocycles. The number of rotatable bonds is 10. The van der Waals surface area contributed by atoms with Crippen molar-refractivity contribution in [2.24, 2.45) is 0 Å². The van der Waals surface area contributed by atoms with Gasteiger partial charge in [0.25, 0.3) is 0 Å². The van der Waals surface area contributed by atoms with Crippen molar-refractivity contribution in [3.8, 4) is 0 Å². The molecule has 0 rings (SSSR count). The lowest BCUT2D eigenvalue weighted by Gasteiger charge is -2.28. The number of hydrogen-bond donors (Lipinski definition) is 1. The fraction of sp³-hybridized carbons (Fsp3) is 0.929. The van der Waals surface area contributed by atoms with Crippen LogP contribution in [0.5, 0.6) is 0 Å². The van der Waals surface area contributed by atoms with Crippen molar-refractivity contribution in [2.75, 3.05) is 12.5 Å². The van der Waals surface area contributed by atoms with Crippen LogP contribution in [0.1, 0.15) is 6.42 Å². The first kappa shape index (κ1) is 23.1. The van der Waals surface area contributed by atoms with Crippen molar-refractivity contribution in [1.82, 2.24) is 4.98 Å². The van der Waals surface area contributed by atoms with E-state index >= 15 is 0 Å². The lowest BCUT2D eigenvalue weighted by molar-refractivity contribution is -0.137. The molecule has 0 heterocycles. The van der Waals surface area contributed by atoms with E-state index in [1.54, 1.807) is 0 Å². The van der Waals surface area contributed by atoms with Crippen LogP contribution < -0.4 is 4.98 Å². The Balaban J connectivity index is 4.65. The molecule has 0 aliphatic heterocycles. The van der Waals surface area contributed by atoms with Crippen LogP contribution >= 0.6 is 7.80 Å². The van der Waals surface area contributed by atoms with Gasteiger partial charge in [0.05, 0.1) is 0 Å². The van der Waals surface area contributed by atoms with Crippen LogP contribution in [0.4, 0.5) is 0 Å². The molecule has 0 aromatic rings. The van der Waals surface area contributed by atoms with E-state index < -0.39 is 32.7 Å². The van der Waals surface area contributed by atoms with Crippen LogP contribution in [0, 0.1) is 0 Å². The minimum Gasteiger partial charge on any atom is -0.519 e. The van der Waals surface area contributed by atoms with Crippen LogP contribution in [0.2, 0.25) is 58.9 Å². The molecule has 5 nitrogen and oxygen atoms in total. The molecule has 23 heavy (non-hydrogen) atoms. The van der Waals surface area contributed by atoms with Crippen LogP contribution in [0.3, 0.4) is 0 Å². The SMILES string of the molecule is C[Si](C)(C)NC(CC[P+](=O)CO[Si](C)(C)C)C(=O)O[Si](C)(C)C. The summed E-state index contributed by atoms with van der Waals surface area (Å²) in [4.78, 5) is 15.9. The molecule has 0 aromatic carbocycles. The molecule has 0 amide bonds. The molecular weight excluding hydrogens is 361 g/mol. The maximum absolute atomic E-state index is 12.4. The van der Waals surface area contributed by atoms with Gasteiger partial charge < -0.3 is 13.8 Å². The summed E-state index contributed by atoms with van der Waals surface area (Å²) in [6.07, 6.45) is 1.33. The standard InChI is InChI=1S/C14H35NO4PSi3/c1-21(2,3)15-13(14(16)19-23(7,8)9)10-11-20(17)12-18-22(4,5)6/h13,15H,10-12H2,1-9H3/q+1. The molecule has 0 spiro atoms. The molecule has 0 bridgehead atoms. The first-order chi connectivity index (χ1) is 10.1. The summed E-state index contributed by atoms with van der Waals surface area (Å²) in [6, 6.07) is -0.362. The maximum Gasteiger partial charge on any atom is 0.366 e. The van der Waals surface area contributed by atoms with Gasteiger partial charge in [0.15, 0.2) is 14.5 Å². The van der Waals surface area contributed by atoms with E-state index in [2.05, 4.69) is 44.3 Å². The Hall–Kier alpha value is 0.141. The van der Waals surface area contributed by atoms with Crippen LogP contribution in [-0.2, 0) is 18.2 Å². The van der Waals surface area contributed by atoms with Gasteiger partial charge in [-0.15, -0.1) is 0 Å². The van der Waals surface area contributed by atoms with Crippen LogP contribution in [0.25, 0.3) is 0 Å². The van der Waals surface area contributed by atoms with Gasteiger partial charge in [-0.3, -0.25) is 4.79 Å². The van der Waals surface area contributed by atoms with E-state index in [-0.39, 0.29) is 12.0 Å². The summed E-state index contributed by atoms with van der Waals surface area (Å²) in [7, 11) is -6.64. The highest BCUT2D eigenvalue weighted by molar-refractivity contribution is 7.44. The minimum absolute atomic E-state index is 0.193. The molecular formula is C14H35NO4PSi3+. The first-order valence-electron chi connectivity index (χ1n) is 8.16. The molecule has 0 fully saturated rings. The summed E-state index contributed by atoms with van der Waals surface area (Å²) in [5, 5.41) is 0. The van der Waals surface area contributed by atoms with Crippen molar-refractivity contribution in [3.63, 3.8) is 0 Å². The van der Waals surface area contributed by atoms with Gasteiger partial charge in [0.2, 0.25) is 14.7 Å². The Morgan fingerprint density at radius 1 is 1.00 bits per heavy atom. The summed E-state index contributed by atoms with van der Waals surface area (Å²) in [5.41, 5.74) is 0. The normalized spacial score (nSPS) is 15.3. The molecule has 136 valence electrons. The minimum atomic E-state index is -1.92. The lowest BCUT2D eigenvalue weighted by Crippen LogP contribution is -2.53. The zero-order valence-corrected chi connectivity index (χ0v) is 20.2. The maximum atomic E-state index is 12.4. The molecule has 0 saturated carbocycles. The molecule has 0 saturated heterocycles. The van der Waals surface area contributed by atoms with Crippen molar-refractivity contribution in [2.45, 2.75) is 71.4 Å². The highest BCUT2D eigenvalue weighted by Gasteiger charge is 2.32. The van der Waals surface area contributed by atoms with Crippen molar-refractivity contribution >= 4 is 38.6 Å². The molecule has 9 heteroatoms. The van der Waals surface area contributed by atoms with Crippen LogP contribution in [-0.4, -0.2) is 49.4 Å². The van der Waals surface area contributed by atoms with Gasteiger partial charge in [-0.25, -0.2) is 0 Å². The van der Waals surface area contributed by atoms with Gasteiger partial charge >= 0.3 is 13.8 Å². The third-order valence-electron chi connectivity index (χ3n) is 2.61. The first-order valence-corrected chi connectivity index (χ1v) is 20.1. The zero-order valence-electron chi connectivity index (χ0n) is 16.3. The van der Waals surface area contributed by atoms with E-state index in [1.807, 2.05) is 19.6 Å². The highest BCUT2D eigenvalue weighted by Crippen LogP contribution is 2.25. The monoisotopic (exact) mass is 396 g/mol. The van der Waals surface area contributed by atoms with Gasteiger partial charge in [0.1, 0.15) is 14.3 Å². The zero-order chi connectivity index (χ0) is 18.5. The van der Waals surface area contributed by atoms with Gasteiger partial charge in [-0.05, 0) is 39.3 Å². The predicted molar refractivity (Wildman–Crippen MR) is 106 cm³/mol. The fourth-order valence-corrected chi connectivity index (χ4v) is 6.60. The average Bonchev–Trinajstić information content (AvgIpc) is 2.27. The van der Waals surface area contributed by atoms with Gasteiger partial charge in [0, 0.05) is 6.42 Å². The second-order valence-corrected chi connectivity index (χ2v) is 24.3. The molecule has 1 N–H and O–H groups in total. The van der Waals surface area contributed by atoms with E-state index in [9.17, 15) is 9.36 Å². The summed E-state index contributed by atoms with van der Waals surface area (Å²) < 4.78 is 23.5. The van der Waals surface area contributed by atoms with Crippen LogP contribution in [0.15, 0.2) is 0 Å². The second kappa shape index (κ2) is 9.01. The lowest BCUT2D eigenvalue weighted by atomic mass is 10.2. The Bertz CT molecular complexity index is 414. The smallest absolute Gasteiger partial charge is 0.366 e. The molecule has 2 atom stereocenters. The van der Waals surface area contributed by atoms with E-state index in [4.69, 9.17) is 8.85 Å². The summed E-state index contributed by atoms with van der Waals surface area (Å²) in [6.45, 7) is 18.7. The largest absolute Gasteiger partial charge is 0.519 e. The Kier molecular flexibility index (Phi) is 9.06. The van der Waals surface area contributed by atoms with Crippen molar-refractivity contribution in [3.05, 3.63) is 0 Å². The number of carbonyl (C=O) groups is 1. The second-order valence-electron chi connectivity index (χ2n) is 8.86.